The van der Waals surface area contributed by atoms with Crippen molar-refractivity contribution in [2.75, 3.05) is 26.3 Å². The molecule has 19 heavy (non-hydrogen) atoms. The molecule has 2 heterocycles. The van der Waals surface area contributed by atoms with Gasteiger partial charge in [-0.1, -0.05) is 12.2 Å². The van der Waals surface area contributed by atoms with Gasteiger partial charge in [-0.15, -0.1) is 0 Å². The molecule has 2 saturated heterocycles. The van der Waals surface area contributed by atoms with Gasteiger partial charge in [0.2, 0.25) is 0 Å². The van der Waals surface area contributed by atoms with Crippen molar-refractivity contribution in [3.8, 4) is 0 Å². The maximum Gasteiger partial charge on any atom is 0.188 e. The van der Waals surface area contributed by atoms with Crippen LogP contribution in [0.3, 0.4) is 0 Å². The molecule has 2 aliphatic heterocycles. The summed E-state index contributed by atoms with van der Waals surface area (Å²) in [5.41, 5.74) is 6.94. The predicted molar refractivity (Wildman–Crippen MR) is 76.1 cm³/mol. The minimum atomic E-state index is 0.134. The zero-order valence-electron chi connectivity index (χ0n) is 11.7. The quantitative estimate of drug-likeness (QED) is 0.444. The second-order valence-electron chi connectivity index (χ2n) is 5.43. The van der Waals surface area contributed by atoms with Gasteiger partial charge in [-0.3, -0.25) is 4.99 Å². The molecular weight excluding hydrogens is 242 g/mol. The van der Waals surface area contributed by atoms with Crippen molar-refractivity contribution in [1.29, 1.82) is 0 Å². The normalized spacial score (nSPS) is 31.6. The van der Waals surface area contributed by atoms with Crippen LogP contribution in [0.25, 0.3) is 0 Å². The topological polar surface area (TPSA) is 68.9 Å². The summed E-state index contributed by atoms with van der Waals surface area (Å²) in [5, 5.41) is 3.13. The summed E-state index contributed by atoms with van der Waals surface area (Å²) in [6.07, 6.45) is 3.69. The highest BCUT2D eigenvalue weighted by atomic mass is 16.5. The van der Waals surface area contributed by atoms with Gasteiger partial charge >= 0.3 is 0 Å². The van der Waals surface area contributed by atoms with Crippen molar-refractivity contribution in [3.63, 3.8) is 0 Å². The number of nitrogens with two attached hydrogens (primary N) is 1. The van der Waals surface area contributed by atoms with Crippen molar-refractivity contribution in [2.24, 2.45) is 16.6 Å². The lowest BCUT2D eigenvalue weighted by Crippen LogP contribution is -2.37. The van der Waals surface area contributed by atoms with E-state index < -0.39 is 0 Å². The molecule has 0 aromatic heterocycles. The second-order valence-corrected chi connectivity index (χ2v) is 5.43. The molecule has 0 aromatic rings. The largest absolute Gasteiger partial charge is 0.376 e. The van der Waals surface area contributed by atoms with Crippen LogP contribution in [0.2, 0.25) is 0 Å². The zero-order valence-corrected chi connectivity index (χ0v) is 11.7. The summed E-state index contributed by atoms with van der Waals surface area (Å²) in [4.78, 5) is 4.41. The van der Waals surface area contributed by atoms with E-state index in [0.717, 1.165) is 44.6 Å². The molecule has 108 valence electrons. The molecule has 3 atom stereocenters. The van der Waals surface area contributed by atoms with Crippen molar-refractivity contribution in [3.05, 3.63) is 12.2 Å². The predicted octanol–water partition coefficient (Wildman–Crippen LogP) is 1.05. The minimum Gasteiger partial charge on any atom is -0.376 e. The molecule has 0 amide bonds. The Hall–Kier alpha value is -1.07. The third-order valence-corrected chi connectivity index (χ3v) is 3.73. The Kier molecular flexibility index (Phi) is 5.22. The smallest absolute Gasteiger partial charge is 0.188 e. The van der Waals surface area contributed by atoms with Gasteiger partial charge in [0.05, 0.1) is 12.2 Å². The third kappa shape index (κ3) is 4.21. The molecule has 0 radical (unpaired) electrons. The highest BCUT2D eigenvalue weighted by molar-refractivity contribution is 5.77. The summed E-state index contributed by atoms with van der Waals surface area (Å²) in [6.45, 7) is 9.08. The van der Waals surface area contributed by atoms with E-state index in [1.54, 1.807) is 0 Å². The Bertz CT molecular complexity index is 338. The average Bonchev–Trinajstić information content (AvgIpc) is 3.04. The van der Waals surface area contributed by atoms with E-state index in [2.05, 4.69) is 16.9 Å². The summed E-state index contributed by atoms with van der Waals surface area (Å²) >= 11 is 0. The van der Waals surface area contributed by atoms with E-state index in [9.17, 15) is 0 Å². The zero-order chi connectivity index (χ0) is 13.7. The SMILES string of the molecule is C=C(C)C1OCCC1CN=C(N)NCC1CCCO1. The van der Waals surface area contributed by atoms with Crippen LogP contribution in [0.4, 0.5) is 0 Å². The lowest BCUT2D eigenvalue weighted by Gasteiger charge is -2.17. The highest BCUT2D eigenvalue weighted by Crippen LogP contribution is 2.25. The molecule has 2 rings (SSSR count). The van der Waals surface area contributed by atoms with Crippen LogP contribution in [-0.2, 0) is 9.47 Å². The first-order chi connectivity index (χ1) is 9.16. The minimum absolute atomic E-state index is 0.134. The molecule has 5 nitrogen and oxygen atoms in total. The molecular formula is C14H25N3O2. The van der Waals surface area contributed by atoms with Crippen molar-refractivity contribution in [2.45, 2.75) is 38.4 Å². The second kappa shape index (κ2) is 6.91. The van der Waals surface area contributed by atoms with E-state index in [1.807, 2.05) is 6.92 Å². The number of hydrogen-bond donors (Lipinski definition) is 2. The number of aliphatic imine (C=N–C) groups is 1. The Balaban J connectivity index is 1.72. The summed E-state index contributed by atoms with van der Waals surface area (Å²) in [6, 6.07) is 0. The van der Waals surface area contributed by atoms with Crippen molar-refractivity contribution in [1.82, 2.24) is 5.32 Å². The maximum absolute atomic E-state index is 5.87. The number of rotatable bonds is 5. The van der Waals surface area contributed by atoms with Crippen molar-refractivity contribution >= 4 is 5.96 Å². The molecule has 0 saturated carbocycles. The highest BCUT2D eigenvalue weighted by Gasteiger charge is 2.28. The third-order valence-electron chi connectivity index (χ3n) is 3.73. The first kappa shape index (κ1) is 14.3. The van der Waals surface area contributed by atoms with E-state index in [0.29, 0.717) is 18.4 Å². The summed E-state index contributed by atoms with van der Waals surface area (Å²) < 4.78 is 11.2. The molecule has 5 heteroatoms. The summed E-state index contributed by atoms with van der Waals surface area (Å²) in [7, 11) is 0. The number of nitrogens with zero attached hydrogens (tertiary/aromatic N) is 1. The van der Waals surface area contributed by atoms with Crippen LogP contribution in [0.15, 0.2) is 17.1 Å². The van der Waals surface area contributed by atoms with Gasteiger partial charge in [-0.25, -0.2) is 0 Å². The molecule has 0 spiro atoms. The molecule has 0 aliphatic carbocycles. The first-order valence-corrected chi connectivity index (χ1v) is 7.09. The summed E-state index contributed by atoms with van der Waals surface area (Å²) in [5.74, 6) is 0.906. The Morgan fingerprint density at radius 1 is 1.37 bits per heavy atom. The van der Waals surface area contributed by atoms with Gasteiger partial charge in [-0.05, 0) is 26.2 Å². The average molecular weight is 267 g/mol. The molecule has 0 aromatic carbocycles. The van der Waals surface area contributed by atoms with Gasteiger partial charge in [0.25, 0.3) is 0 Å². The number of ether oxygens (including phenoxy) is 2. The van der Waals surface area contributed by atoms with E-state index in [4.69, 9.17) is 15.2 Å². The Morgan fingerprint density at radius 3 is 2.89 bits per heavy atom. The van der Waals surface area contributed by atoms with Gasteiger partial charge in [0.15, 0.2) is 5.96 Å². The van der Waals surface area contributed by atoms with Crippen LogP contribution in [0.1, 0.15) is 26.2 Å². The molecule has 2 fully saturated rings. The maximum atomic E-state index is 5.87. The fraction of sp³-hybridized carbons (Fsp3) is 0.786. The van der Waals surface area contributed by atoms with Gasteiger partial charge in [0.1, 0.15) is 0 Å². The molecule has 3 N–H and O–H groups in total. The number of hydrogen-bond acceptors (Lipinski definition) is 3. The van der Waals surface area contributed by atoms with Crippen molar-refractivity contribution < 1.29 is 9.47 Å². The Morgan fingerprint density at radius 2 is 2.21 bits per heavy atom. The fourth-order valence-corrected chi connectivity index (χ4v) is 2.66. The van der Waals surface area contributed by atoms with Crippen LogP contribution < -0.4 is 11.1 Å². The van der Waals surface area contributed by atoms with Crippen LogP contribution in [0.5, 0.6) is 0 Å². The monoisotopic (exact) mass is 267 g/mol. The van der Waals surface area contributed by atoms with Gasteiger partial charge < -0.3 is 20.5 Å². The van der Waals surface area contributed by atoms with Crippen LogP contribution in [-0.4, -0.2) is 44.5 Å². The van der Waals surface area contributed by atoms with E-state index in [1.165, 1.54) is 0 Å². The first-order valence-electron chi connectivity index (χ1n) is 7.09. The Labute approximate surface area is 115 Å². The van der Waals surface area contributed by atoms with Crippen LogP contribution >= 0.6 is 0 Å². The van der Waals surface area contributed by atoms with Crippen LogP contribution in [0, 0.1) is 5.92 Å². The molecule has 0 bridgehead atoms. The van der Waals surface area contributed by atoms with E-state index in [-0.39, 0.29) is 12.2 Å². The number of guanidine groups is 1. The van der Waals surface area contributed by atoms with Gasteiger partial charge in [-0.2, -0.15) is 0 Å². The molecule has 3 unspecified atom stereocenters. The number of nitrogens with one attached hydrogen (secondary N) is 1. The lowest BCUT2D eigenvalue weighted by atomic mass is 9.97. The van der Waals surface area contributed by atoms with Gasteiger partial charge in [0, 0.05) is 32.2 Å². The standard InChI is InChI=1S/C14H25N3O2/c1-10(2)13-11(5-7-19-13)8-16-14(15)17-9-12-4-3-6-18-12/h11-13H,1,3-9H2,2H3,(H3,15,16,17). The van der Waals surface area contributed by atoms with E-state index >= 15 is 0 Å². The lowest BCUT2D eigenvalue weighted by molar-refractivity contribution is 0.114. The fourth-order valence-electron chi connectivity index (χ4n) is 2.66. The molecule has 2 aliphatic rings.